The Labute approximate surface area is 163 Å². The first-order chi connectivity index (χ1) is 12.6. The zero-order valence-corrected chi connectivity index (χ0v) is 16.8. The molecule has 0 N–H and O–H groups in total. The normalized spacial score (nSPS) is 24.3. The van der Waals surface area contributed by atoms with Crippen LogP contribution in [0.2, 0.25) is 5.15 Å². The highest BCUT2D eigenvalue weighted by molar-refractivity contribution is 6.29. The summed E-state index contributed by atoms with van der Waals surface area (Å²) >= 11 is 6.00. The summed E-state index contributed by atoms with van der Waals surface area (Å²) in [5.41, 5.74) is 0.496. The molecule has 0 aliphatic carbocycles. The number of aromatic nitrogens is 2. The maximum absolute atomic E-state index is 12.3. The minimum atomic E-state index is -0.484. The van der Waals surface area contributed by atoms with Gasteiger partial charge in [0.25, 0.3) is 0 Å². The van der Waals surface area contributed by atoms with Crippen molar-refractivity contribution in [3.05, 3.63) is 35.2 Å². The second-order valence-corrected chi connectivity index (χ2v) is 8.88. The van der Waals surface area contributed by atoms with E-state index >= 15 is 0 Å². The molecule has 2 aliphatic rings. The van der Waals surface area contributed by atoms with E-state index in [1.165, 1.54) is 0 Å². The van der Waals surface area contributed by atoms with Crippen molar-refractivity contribution in [1.82, 2.24) is 14.9 Å². The first-order valence-corrected chi connectivity index (χ1v) is 9.61. The van der Waals surface area contributed by atoms with Crippen LogP contribution in [-0.4, -0.2) is 45.3 Å². The third-order valence-corrected chi connectivity index (χ3v) is 5.69. The fraction of sp³-hybridized carbons (Fsp3) is 0.550. The lowest BCUT2D eigenvalue weighted by atomic mass is 9.83. The second-order valence-electron chi connectivity index (χ2n) is 8.49. The molecule has 0 bridgehead atoms. The number of ether oxygens (including phenoxy) is 2. The number of fused-ring (bicyclic) bond motifs is 1. The Morgan fingerprint density at radius 3 is 2.67 bits per heavy atom. The molecule has 1 atom stereocenters. The predicted octanol–water partition coefficient (Wildman–Crippen LogP) is 4.30. The van der Waals surface area contributed by atoms with Crippen molar-refractivity contribution in [3.63, 3.8) is 0 Å². The van der Waals surface area contributed by atoms with Gasteiger partial charge in [-0.1, -0.05) is 11.6 Å². The number of pyridine rings is 2. The lowest BCUT2D eigenvalue weighted by Crippen LogP contribution is -2.45. The molecule has 0 aromatic carbocycles. The van der Waals surface area contributed by atoms with Crippen LogP contribution in [0.15, 0.2) is 24.4 Å². The highest BCUT2D eigenvalue weighted by atomic mass is 35.5. The third kappa shape index (κ3) is 3.25. The quantitative estimate of drug-likeness (QED) is 0.537. The number of rotatable bonds is 1. The molecular formula is C20H24ClN3O3. The number of hydrogen-bond acceptors (Lipinski definition) is 5. The largest absolute Gasteiger partial charge is 0.444 e. The number of nitrogens with zero attached hydrogens (tertiary/aromatic N) is 3. The monoisotopic (exact) mass is 389 g/mol. The molecule has 2 aromatic heterocycles. The van der Waals surface area contributed by atoms with Gasteiger partial charge in [0.2, 0.25) is 0 Å². The molecule has 0 radical (unpaired) electrons. The average Bonchev–Trinajstić information content (AvgIpc) is 3.17. The van der Waals surface area contributed by atoms with E-state index in [9.17, 15) is 4.79 Å². The van der Waals surface area contributed by atoms with Gasteiger partial charge in [0.1, 0.15) is 22.0 Å². The predicted molar refractivity (Wildman–Crippen MR) is 103 cm³/mol. The van der Waals surface area contributed by atoms with E-state index in [0.717, 1.165) is 29.4 Å². The van der Waals surface area contributed by atoms with Crippen molar-refractivity contribution in [2.75, 3.05) is 13.1 Å². The van der Waals surface area contributed by atoms with E-state index in [-0.39, 0.29) is 11.7 Å². The number of piperidine rings is 1. The van der Waals surface area contributed by atoms with Gasteiger partial charge in [-0.15, -0.1) is 0 Å². The van der Waals surface area contributed by atoms with Crippen molar-refractivity contribution in [2.45, 2.75) is 57.3 Å². The molecule has 2 aromatic rings. The molecule has 4 rings (SSSR count). The second kappa shape index (κ2) is 6.04. The zero-order chi connectivity index (χ0) is 19.4. The van der Waals surface area contributed by atoms with E-state index in [4.69, 9.17) is 26.1 Å². The number of amides is 1. The Morgan fingerprint density at radius 1 is 1.30 bits per heavy atom. The average molecular weight is 390 g/mol. The van der Waals surface area contributed by atoms with E-state index in [0.29, 0.717) is 18.2 Å². The van der Waals surface area contributed by atoms with Crippen LogP contribution in [0, 0.1) is 0 Å². The molecule has 6 nitrogen and oxygen atoms in total. The topological polar surface area (TPSA) is 67.8 Å². The zero-order valence-electron chi connectivity index (χ0n) is 16.1. The van der Waals surface area contributed by atoms with Crippen LogP contribution < -0.4 is 0 Å². The summed E-state index contributed by atoms with van der Waals surface area (Å²) in [5, 5.41) is 1.37. The molecule has 2 fully saturated rings. The van der Waals surface area contributed by atoms with Gasteiger partial charge >= 0.3 is 6.09 Å². The lowest BCUT2D eigenvalue weighted by Gasteiger charge is -2.33. The van der Waals surface area contributed by atoms with Crippen molar-refractivity contribution >= 4 is 28.6 Å². The SMILES string of the molecule is CC(C)(C)OC(=O)N1CCC2(CC1)OC2(C)c1ccc2cnc(Cl)cc2n1. The van der Waals surface area contributed by atoms with Gasteiger partial charge in [-0.05, 0) is 52.7 Å². The van der Waals surface area contributed by atoms with Crippen LogP contribution in [0.5, 0.6) is 0 Å². The van der Waals surface area contributed by atoms with E-state index in [1.807, 2.05) is 32.9 Å². The van der Waals surface area contributed by atoms with Gasteiger partial charge in [-0.2, -0.15) is 0 Å². The Morgan fingerprint density at radius 2 is 2.00 bits per heavy atom. The maximum atomic E-state index is 12.3. The molecular weight excluding hydrogens is 366 g/mol. The fourth-order valence-electron chi connectivity index (χ4n) is 3.86. The minimum Gasteiger partial charge on any atom is -0.444 e. The van der Waals surface area contributed by atoms with Gasteiger partial charge in [-0.25, -0.2) is 14.8 Å². The number of hydrogen-bond donors (Lipinski definition) is 0. The van der Waals surface area contributed by atoms with E-state index in [2.05, 4.69) is 11.9 Å². The highest BCUT2D eigenvalue weighted by Crippen LogP contribution is 2.60. The highest BCUT2D eigenvalue weighted by Gasteiger charge is 2.69. The summed E-state index contributed by atoms with van der Waals surface area (Å²) in [5.74, 6) is 0. The number of epoxide rings is 1. The minimum absolute atomic E-state index is 0.259. The van der Waals surface area contributed by atoms with Crippen molar-refractivity contribution in [2.24, 2.45) is 0 Å². The van der Waals surface area contributed by atoms with Gasteiger partial charge in [0, 0.05) is 30.7 Å². The molecule has 2 saturated heterocycles. The summed E-state index contributed by atoms with van der Waals surface area (Å²) in [7, 11) is 0. The fourth-order valence-corrected chi connectivity index (χ4v) is 4.02. The molecule has 4 heterocycles. The van der Waals surface area contributed by atoms with Crippen LogP contribution in [0.1, 0.15) is 46.2 Å². The van der Waals surface area contributed by atoms with Gasteiger partial charge in [0.15, 0.2) is 0 Å². The molecule has 0 saturated carbocycles. The van der Waals surface area contributed by atoms with Crippen LogP contribution in [0.4, 0.5) is 4.79 Å². The summed E-state index contributed by atoms with van der Waals surface area (Å²) < 4.78 is 11.7. The molecule has 1 spiro atoms. The van der Waals surface area contributed by atoms with Crippen molar-refractivity contribution < 1.29 is 14.3 Å². The van der Waals surface area contributed by atoms with Gasteiger partial charge in [0.05, 0.1) is 11.2 Å². The maximum Gasteiger partial charge on any atom is 0.410 e. The Kier molecular flexibility index (Phi) is 4.13. The van der Waals surface area contributed by atoms with E-state index in [1.54, 1.807) is 17.2 Å². The molecule has 144 valence electrons. The van der Waals surface area contributed by atoms with Crippen molar-refractivity contribution in [3.8, 4) is 0 Å². The van der Waals surface area contributed by atoms with Crippen LogP contribution in [-0.2, 0) is 15.1 Å². The first-order valence-electron chi connectivity index (χ1n) is 9.23. The number of likely N-dealkylation sites (tertiary alicyclic amines) is 1. The Bertz CT molecular complexity index is 903. The van der Waals surface area contributed by atoms with Crippen molar-refractivity contribution in [1.29, 1.82) is 0 Å². The number of carbonyl (C=O) groups excluding carboxylic acids is 1. The molecule has 27 heavy (non-hydrogen) atoms. The summed E-state index contributed by atoms with van der Waals surface area (Å²) in [6.45, 7) is 8.95. The van der Waals surface area contributed by atoms with E-state index < -0.39 is 11.2 Å². The van der Waals surface area contributed by atoms with Gasteiger partial charge in [-0.3, -0.25) is 0 Å². The number of carbonyl (C=O) groups is 1. The molecule has 1 amide bonds. The van der Waals surface area contributed by atoms with Crippen LogP contribution in [0.25, 0.3) is 10.9 Å². The smallest absolute Gasteiger partial charge is 0.410 e. The molecule has 1 unspecified atom stereocenters. The van der Waals surface area contributed by atoms with Crippen LogP contribution in [0.3, 0.4) is 0 Å². The van der Waals surface area contributed by atoms with Crippen LogP contribution >= 0.6 is 11.6 Å². The first kappa shape index (κ1) is 18.4. The Balaban J connectivity index is 1.49. The standard InChI is InChI=1S/C20H24ClN3O3/c1-18(2,3)26-17(25)24-9-7-20(8-10-24)19(4,27-20)15-6-5-13-12-22-16(21)11-14(13)23-15/h5-6,11-12H,7-10H2,1-4H3. The number of halogens is 1. The summed E-state index contributed by atoms with van der Waals surface area (Å²) in [6.07, 6.45) is 2.99. The Hall–Kier alpha value is -1.92. The molecule has 2 aliphatic heterocycles. The lowest BCUT2D eigenvalue weighted by molar-refractivity contribution is 0.0165. The third-order valence-electron chi connectivity index (χ3n) is 5.48. The van der Waals surface area contributed by atoms with Gasteiger partial charge < -0.3 is 14.4 Å². The molecule has 7 heteroatoms. The summed E-state index contributed by atoms with van der Waals surface area (Å²) in [4.78, 5) is 22.9. The summed E-state index contributed by atoms with van der Waals surface area (Å²) in [6, 6.07) is 5.76.